The first-order valence-electron chi connectivity index (χ1n) is 9.12. The second-order valence-electron chi connectivity index (χ2n) is 6.44. The number of pyridine rings is 1. The van der Waals surface area contributed by atoms with Crippen LogP contribution in [0.1, 0.15) is 15.2 Å². The number of carbonyl (C=O) groups is 3. The fourth-order valence-electron chi connectivity index (χ4n) is 3.05. The zero-order chi connectivity index (χ0) is 24.3. The number of nitrogens with one attached hydrogen (secondary N) is 1. The number of nitriles is 1. The summed E-state index contributed by atoms with van der Waals surface area (Å²) < 4.78 is 14.5. The third-order valence-corrected chi connectivity index (χ3v) is 5.63. The van der Waals surface area contributed by atoms with E-state index >= 15 is 0 Å². The van der Waals surface area contributed by atoms with Crippen LogP contribution in [0.15, 0.2) is 18.2 Å². The second-order valence-corrected chi connectivity index (χ2v) is 7.44. The molecule has 0 bridgehead atoms. The maximum atomic E-state index is 12.1. The number of hydrogen-bond acceptors (Lipinski definition) is 11. The van der Waals surface area contributed by atoms with Crippen molar-refractivity contribution >= 4 is 56.7 Å². The number of benzene rings is 1. The van der Waals surface area contributed by atoms with Crippen LogP contribution in [-0.2, 0) is 14.3 Å². The normalized spacial score (nSPS) is 10.3. The maximum Gasteiger partial charge on any atom is 0.412 e. The minimum Gasteiger partial charge on any atom is -0.495 e. The molecule has 2 heterocycles. The Morgan fingerprint density at radius 3 is 2.58 bits per heavy atom. The summed E-state index contributed by atoms with van der Waals surface area (Å²) in [4.78, 5) is 39.7. The Bertz CT molecular complexity index is 1330. The van der Waals surface area contributed by atoms with Gasteiger partial charge >= 0.3 is 12.1 Å². The molecular weight excluding hydrogens is 452 g/mol. The summed E-state index contributed by atoms with van der Waals surface area (Å²) in [6.07, 6.45) is -0.943. The topological polar surface area (TPSA) is 206 Å². The van der Waals surface area contributed by atoms with Gasteiger partial charge < -0.3 is 31.4 Å². The minimum absolute atomic E-state index is 0.0207. The van der Waals surface area contributed by atoms with Crippen molar-refractivity contribution < 1.29 is 28.6 Å². The number of carbonyl (C=O) groups excluding carboxylic acids is 3. The van der Waals surface area contributed by atoms with Crippen molar-refractivity contribution in [2.75, 3.05) is 37.6 Å². The van der Waals surface area contributed by atoms with E-state index in [4.69, 9.17) is 26.7 Å². The Labute approximate surface area is 190 Å². The highest BCUT2D eigenvalue weighted by Gasteiger charge is 2.24. The molecule has 1 aromatic carbocycles. The van der Waals surface area contributed by atoms with Gasteiger partial charge in [0.2, 0.25) is 0 Å². The lowest BCUT2D eigenvalue weighted by Crippen LogP contribution is -2.19. The summed E-state index contributed by atoms with van der Waals surface area (Å²) >= 11 is 0.950. The molecule has 7 N–H and O–H groups in total. The number of amides is 2. The molecule has 0 spiro atoms. The first kappa shape index (κ1) is 23.1. The molecule has 0 saturated heterocycles. The molecule has 2 amide bonds. The zero-order valence-electron chi connectivity index (χ0n) is 17.4. The summed E-state index contributed by atoms with van der Waals surface area (Å²) in [5.74, 6) is -1.29. The quantitative estimate of drug-likeness (QED) is 0.384. The molecule has 0 fully saturated rings. The SMILES string of the molecule is COC(=O)COC(=O)Nc1cc(-c2c(C#N)c(N)nc3sc(C(N)=O)c(N)c23)ccc1OC. The van der Waals surface area contributed by atoms with E-state index < -0.39 is 24.6 Å². The molecule has 0 radical (unpaired) electrons. The van der Waals surface area contributed by atoms with Crippen LogP contribution in [0.25, 0.3) is 21.3 Å². The summed E-state index contributed by atoms with van der Waals surface area (Å²) in [5.41, 5.74) is 18.5. The number of nitrogens with zero attached hydrogens (tertiary/aromatic N) is 2. The van der Waals surface area contributed by atoms with Gasteiger partial charge in [0.1, 0.15) is 32.9 Å². The van der Waals surface area contributed by atoms with Crippen molar-refractivity contribution in [1.29, 1.82) is 5.26 Å². The van der Waals surface area contributed by atoms with Gasteiger partial charge in [-0.25, -0.2) is 14.6 Å². The molecule has 2 aromatic heterocycles. The van der Waals surface area contributed by atoms with Crippen LogP contribution in [0.2, 0.25) is 0 Å². The Hall–Kier alpha value is -4.57. The lowest BCUT2D eigenvalue weighted by molar-refractivity contribution is -0.143. The average Bonchev–Trinajstić information content (AvgIpc) is 3.12. The first-order chi connectivity index (χ1) is 15.7. The number of nitrogens with two attached hydrogens (primary N) is 3. The number of primary amides is 1. The Morgan fingerprint density at radius 1 is 1.24 bits per heavy atom. The molecule has 0 aliphatic carbocycles. The third kappa shape index (κ3) is 4.41. The third-order valence-electron chi connectivity index (χ3n) is 4.51. The van der Waals surface area contributed by atoms with Gasteiger partial charge in [0, 0.05) is 10.9 Å². The number of thiophene rings is 1. The maximum absolute atomic E-state index is 12.1. The Balaban J connectivity index is 2.17. The molecule has 0 aliphatic rings. The van der Waals surface area contributed by atoms with Crippen molar-refractivity contribution in [2.45, 2.75) is 0 Å². The predicted molar refractivity (Wildman–Crippen MR) is 121 cm³/mol. The van der Waals surface area contributed by atoms with Gasteiger partial charge in [-0.2, -0.15) is 5.26 Å². The molecule has 3 rings (SSSR count). The average molecular weight is 470 g/mol. The van der Waals surface area contributed by atoms with E-state index in [-0.39, 0.29) is 33.4 Å². The number of rotatable bonds is 6. The molecule has 3 aromatic rings. The lowest BCUT2D eigenvalue weighted by atomic mass is 9.96. The van der Waals surface area contributed by atoms with E-state index in [1.165, 1.54) is 19.2 Å². The minimum atomic E-state index is -0.943. The van der Waals surface area contributed by atoms with E-state index in [0.717, 1.165) is 18.4 Å². The van der Waals surface area contributed by atoms with Crippen LogP contribution in [0.3, 0.4) is 0 Å². The first-order valence-corrected chi connectivity index (χ1v) is 9.93. The van der Waals surface area contributed by atoms with Crippen LogP contribution in [0.4, 0.5) is 22.0 Å². The molecule has 0 atom stereocenters. The highest BCUT2D eigenvalue weighted by atomic mass is 32.1. The van der Waals surface area contributed by atoms with Gasteiger partial charge in [-0.1, -0.05) is 6.07 Å². The molecule has 33 heavy (non-hydrogen) atoms. The fourth-order valence-corrected chi connectivity index (χ4v) is 4.01. The molecular formula is C20H18N6O6S. The Morgan fingerprint density at radius 2 is 1.97 bits per heavy atom. The van der Waals surface area contributed by atoms with Crippen LogP contribution in [0, 0.1) is 11.3 Å². The summed E-state index contributed by atoms with van der Waals surface area (Å²) in [5, 5.41) is 12.5. The zero-order valence-corrected chi connectivity index (χ0v) is 18.2. The Kier molecular flexibility index (Phi) is 6.50. The number of ether oxygens (including phenoxy) is 3. The van der Waals surface area contributed by atoms with Crippen molar-refractivity contribution in [2.24, 2.45) is 5.73 Å². The number of fused-ring (bicyclic) bond motifs is 1. The summed E-state index contributed by atoms with van der Waals surface area (Å²) in [7, 11) is 2.54. The molecule has 13 heteroatoms. The molecule has 0 unspecified atom stereocenters. The van der Waals surface area contributed by atoms with Crippen LogP contribution in [-0.4, -0.2) is 43.8 Å². The monoisotopic (exact) mass is 470 g/mol. The number of nitrogen functional groups attached to an aromatic ring is 2. The fraction of sp³-hybridized carbons (Fsp3) is 0.150. The predicted octanol–water partition coefficient (Wildman–Crippen LogP) is 1.83. The standard InChI is InChI=1S/C20H18N6O6S/c1-30-11-4-3-8(5-10(11)25-20(29)32-7-12(27)31-2)13-9(6-21)17(23)26-19-14(13)15(22)16(33-19)18(24)28/h3-5H,7,22H2,1-2H3,(H2,23,26)(H2,24,28)(H,25,29). The van der Waals surface area contributed by atoms with E-state index in [1.54, 1.807) is 6.07 Å². The number of esters is 1. The second kappa shape index (κ2) is 9.28. The van der Waals surface area contributed by atoms with Crippen LogP contribution < -0.4 is 27.3 Å². The number of anilines is 3. The van der Waals surface area contributed by atoms with Crippen molar-refractivity contribution in [3.8, 4) is 22.9 Å². The molecule has 12 nitrogen and oxygen atoms in total. The van der Waals surface area contributed by atoms with E-state index in [0.29, 0.717) is 21.3 Å². The van der Waals surface area contributed by atoms with Gasteiger partial charge in [-0.15, -0.1) is 11.3 Å². The van der Waals surface area contributed by atoms with Gasteiger partial charge in [0.05, 0.1) is 25.6 Å². The van der Waals surface area contributed by atoms with Crippen LogP contribution >= 0.6 is 11.3 Å². The lowest BCUT2D eigenvalue weighted by Gasteiger charge is -2.14. The van der Waals surface area contributed by atoms with Crippen molar-refractivity contribution in [3.05, 3.63) is 28.6 Å². The summed E-state index contributed by atoms with van der Waals surface area (Å²) in [6.45, 7) is -0.592. The number of hydrogen-bond donors (Lipinski definition) is 4. The van der Waals surface area contributed by atoms with E-state index in [9.17, 15) is 19.6 Å². The van der Waals surface area contributed by atoms with Gasteiger partial charge in [-0.3, -0.25) is 10.1 Å². The van der Waals surface area contributed by atoms with Gasteiger partial charge in [0.15, 0.2) is 6.61 Å². The summed E-state index contributed by atoms with van der Waals surface area (Å²) in [6, 6.07) is 6.64. The largest absolute Gasteiger partial charge is 0.495 e. The smallest absolute Gasteiger partial charge is 0.412 e. The number of methoxy groups -OCH3 is 2. The van der Waals surface area contributed by atoms with E-state index in [1.807, 2.05) is 6.07 Å². The van der Waals surface area contributed by atoms with E-state index in [2.05, 4.69) is 15.0 Å². The molecule has 0 aliphatic heterocycles. The van der Waals surface area contributed by atoms with Crippen LogP contribution in [0.5, 0.6) is 5.75 Å². The van der Waals surface area contributed by atoms with Gasteiger partial charge in [0.25, 0.3) is 5.91 Å². The number of aromatic nitrogens is 1. The highest BCUT2D eigenvalue weighted by molar-refractivity contribution is 7.21. The molecule has 0 saturated carbocycles. The van der Waals surface area contributed by atoms with Crippen molar-refractivity contribution in [1.82, 2.24) is 4.98 Å². The highest BCUT2D eigenvalue weighted by Crippen LogP contribution is 2.43. The molecule has 170 valence electrons. The van der Waals surface area contributed by atoms with Gasteiger partial charge in [-0.05, 0) is 17.7 Å². The van der Waals surface area contributed by atoms with Crippen molar-refractivity contribution in [3.63, 3.8) is 0 Å².